The Bertz CT molecular complexity index is 1170. The summed E-state index contributed by atoms with van der Waals surface area (Å²) in [6, 6.07) is 23.8. The number of benzene rings is 3. The Kier molecular flexibility index (Phi) is 5.12. The van der Waals surface area contributed by atoms with Gasteiger partial charge in [0.15, 0.2) is 6.10 Å². The van der Waals surface area contributed by atoms with Crippen molar-refractivity contribution in [2.24, 2.45) is 5.92 Å². The summed E-state index contributed by atoms with van der Waals surface area (Å²) >= 11 is 6.11. The summed E-state index contributed by atoms with van der Waals surface area (Å²) in [4.78, 5) is 36.3. The van der Waals surface area contributed by atoms with E-state index in [0.29, 0.717) is 10.7 Å². The minimum absolute atomic E-state index is 0.289. The van der Waals surface area contributed by atoms with Crippen LogP contribution in [0.3, 0.4) is 0 Å². The molecule has 2 saturated heterocycles. The van der Waals surface area contributed by atoms with Gasteiger partial charge in [-0.2, -0.15) is 0 Å². The molecule has 32 heavy (non-hydrogen) atoms. The van der Waals surface area contributed by atoms with Crippen LogP contribution >= 0.6 is 11.6 Å². The zero-order chi connectivity index (χ0) is 22.4. The highest BCUT2D eigenvalue weighted by Crippen LogP contribution is 2.47. The van der Waals surface area contributed by atoms with Gasteiger partial charge in [0.25, 0.3) is 5.91 Å². The van der Waals surface area contributed by atoms with Crippen molar-refractivity contribution in [3.05, 3.63) is 89.4 Å². The van der Waals surface area contributed by atoms with E-state index < -0.39 is 18.1 Å². The molecule has 2 heterocycles. The zero-order valence-corrected chi connectivity index (χ0v) is 18.4. The van der Waals surface area contributed by atoms with Gasteiger partial charge in [0.2, 0.25) is 5.91 Å². The van der Waals surface area contributed by atoms with Gasteiger partial charge in [-0.1, -0.05) is 48.0 Å². The molecule has 2 fully saturated rings. The van der Waals surface area contributed by atoms with Gasteiger partial charge < -0.3 is 4.90 Å². The predicted octanol–water partition coefficient (Wildman–Crippen LogP) is 4.46. The number of nitrogens with zero attached hydrogens (tertiary/aromatic N) is 3. The molecule has 0 spiro atoms. The molecule has 3 atom stereocenters. The number of amides is 2. The second-order valence-electron chi connectivity index (χ2n) is 8.14. The molecule has 0 N–H and O–H groups in total. The van der Waals surface area contributed by atoms with Gasteiger partial charge in [-0.3, -0.25) is 14.4 Å². The Morgan fingerprint density at radius 1 is 0.844 bits per heavy atom. The van der Waals surface area contributed by atoms with Gasteiger partial charge in [-0.05, 0) is 48.0 Å². The van der Waals surface area contributed by atoms with Crippen molar-refractivity contribution in [1.29, 1.82) is 0 Å². The van der Waals surface area contributed by atoms with E-state index >= 15 is 0 Å². The van der Waals surface area contributed by atoms with Gasteiger partial charge in [0, 0.05) is 24.8 Å². The van der Waals surface area contributed by atoms with Gasteiger partial charge in [0.05, 0.1) is 17.4 Å². The number of carbonyl (C=O) groups excluding carboxylic acids is 2. The maximum Gasteiger partial charge on any atom is 0.266 e. The summed E-state index contributed by atoms with van der Waals surface area (Å²) in [7, 11) is 3.95. The number of hydrogen-bond donors (Lipinski definition) is 0. The number of hydroxylamine groups is 1. The summed E-state index contributed by atoms with van der Waals surface area (Å²) in [5, 5.41) is 2.16. The third-order valence-electron chi connectivity index (χ3n) is 5.94. The number of halogens is 1. The van der Waals surface area contributed by atoms with Crippen LogP contribution in [-0.4, -0.2) is 32.0 Å². The molecular weight excluding hydrogens is 426 g/mol. The molecule has 0 radical (unpaired) electrons. The third-order valence-corrected chi connectivity index (χ3v) is 6.18. The number of fused-ring (bicyclic) bond motifs is 1. The molecule has 7 heteroatoms. The molecule has 0 unspecified atom stereocenters. The van der Waals surface area contributed by atoms with Crippen molar-refractivity contribution in [1.82, 2.24) is 0 Å². The average Bonchev–Trinajstić information content (AvgIpc) is 3.30. The van der Waals surface area contributed by atoms with Crippen LogP contribution in [0, 0.1) is 5.92 Å². The first-order valence-electron chi connectivity index (χ1n) is 10.4. The average molecular weight is 448 g/mol. The van der Waals surface area contributed by atoms with E-state index in [4.69, 9.17) is 16.4 Å². The van der Waals surface area contributed by atoms with Crippen LogP contribution < -0.4 is 14.9 Å². The lowest BCUT2D eigenvalue weighted by molar-refractivity contribution is -0.126. The summed E-state index contributed by atoms with van der Waals surface area (Å²) in [5.41, 5.74) is 3.20. The molecule has 2 aliphatic rings. The fraction of sp³-hybridized carbons (Fsp3) is 0.200. The van der Waals surface area contributed by atoms with Crippen molar-refractivity contribution < 1.29 is 14.4 Å². The van der Waals surface area contributed by atoms with Crippen LogP contribution in [-0.2, 0) is 14.4 Å². The van der Waals surface area contributed by atoms with E-state index in [0.717, 1.165) is 16.9 Å². The molecule has 162 valence electrons. The lowest BCUT2D eigenvalue weighted by atomic mass is 9.90. The highest BCUT2D eigenvalue weighted by Gasteiger charge is 2.60. The molecule has 2 amide bonds. The van der Waals surface area contributed by atoms with Crippen LogP contribution in [0.25, 0.3) is 0 Å². The first-order chi connectivity index (χ1) is 15.5. The SMILES string of the molecule is CN(C)c1ccc([C@@H]2[C@@H]3C(=O)N(c4cccc(Cl)c4)C(=O)[C@@H]3ON2c2ccccc2)cc1. The Morgan fingerprint density at radius 3 is 2.19 bits per heavy atom. The van der Waals surface area contributed by atoms with Crippen molar-refractivity contribution in [2.75, 3.05) is 29.0 Å². The van der Waals surface area contributed by atoms with Crippen LogP contribution in [0.1, 0.15) is 11.6 Å². The van der Waals surface area contributed by atoms with Gasteiger partial charge in [-0.15, -0.1) is 0 Å². The van der Waals surface area contributed by atoms with E-state index in [2.05, 4.69) is 0 Å². The van der Waals surface area contributed by atoms with E-state index in [1.165, 1.54) is 4.90 Å². The van der Waals surface area contributed by atoms with Gasteiger partial charge >= 0.3 is 0 Å². The standard InChI is InChI=1S/C25H22ClN3O3/c1-27(2)18-13-11-16(12-14-18)22-21-23(32-29(22)19-8-4-3-5-9-19)25(31)28(24(21)30)20-10-6-7-17(26)15-20/h3-15,21-23H,1-2H3/t21-,22+,23+/m0/s1. The summed E-state index contributed by atoms with van der Waals surface area (Å²) in [6.45, 7) is 0. The van der Waals surface area contributed by atoms with E-state index in [1.807, 2.05) is 73.6 Å². The van der Waals surface area contributed by atoms with Crippen LogP contribution in [0.4, 0.5) is 17.1 Å². The second-order valence-corrected chi connectivity index (χ2v) is 8.57. The van der Waals surface area contributed by atoms with Crippen LogP contribution in [0.2, 0.25) is 5.02 Å². The lowest BCUT2D eigenvalue weighted by Gasteiger charge is -2.29. The molecule has 3 aromatic rings. The van der Waals surface area contributed by atoms with E-state index in [-0.39, 0.29) is 11.8 Å². The molecule has 0 bridgehead atoms. The highest BCUT2D eigenvalue weighted by atomic mass is 35.5. The van der Waals surface area contributed by atoms with E-state index in [1.54, 1.807) is 29.3 Å². The Balaban J connectivity index is 1.57. The largest absolute Gasteiger partial charge is 0.378 e. The molecule has 2 aliphatic heterocycles. The Labute approximate surface area is 191 Å². The Hall–Kier alpha value is -3.35. The first kappa shape index (κ1) is 20.5. The minimum Gasteiger partial charge on any atom is -0.378 e. The fourth-order valence-corrected chi connectivity index (χ4v) is 4.58. The minimum atomic E-state index is -0.903. The number of carbonyl (C=O) groups is 2. The summed E-state index contributed by atoms with van der Waals surface area (Å²) in [6.07, 6.45) is -0.903. The number of hydrogen-bond acceptors (Lipinski definition) is 5. The molecule has 0 aromatic heterocycles. The maximum absolute atomic E-state index is 13.6. The second kappa shape index (κ2) is 7.97. The summed E-state index contributed by atoms with van der Waals surface area (Å²) in [5.74, 6) is -1.34. The topological polar surface area (TPSA) is 53.1 Å². The Morgan fingerprint density at radius 2 is 1.53 bits per heavy atom. The smallest absolute Gasteiger partial charge is 0.266 e. The molecule has 5 rings (SSSR count). The quantitative estimate of drug-likeness (QED) is 0.553. The third kappa shape index (κ3) is 3.32. The van der Waals surface area contributed by atoms with Gasteiger partial charge in [-0.25, -0.2) is 9.96 Å². The number of rotatable bonds is 4. The van der Waals surface area contributed by atoms with Gasteiger partial charge in [0.1, 0.15) is 5.92 Å². The van der Waals surface area contributed by atoms with Crippen LogP contribution in [0.5, 0.6) is 0 Å². The highest BCUT2D eigenvalue weighted by molar-refractivity contribution is 6.31. The molecule has 0 aliphatic carbocycles. The van der Waals surface area contributed by atoms with Crippen molar-refractivity contribution >= 4 is 40.5 Å². The monoisotopic (exact) mass is 447 g/mol. The molecule has 0 saturated carbocycles. The van der Waals surface area contributed by atoms with E-state index in [9.17, 15) is 9.59 Å². The lowest BCUT2D eigenvalue weighted by Crippen LogP contribution is -2.37. The van der Waals surface area contributed by atoms with Crippen LogP contribution in [0.15, 0.2) is 78.9 Å². The van der Waals surface area contributed by atoms with Crippen molar-refractivity contribution in [2.45, 2.75) is 12.1 Å². The molecule has 6 nitrogen and oxygen atoms in total. The maximum atomic E-state index is 13.6. The zero-order valence-electron chi connectivity index (χ0n) is 17.7. The van der Waals surface area contributed by atoms with Crippen molar-refractivity contribution in [3.8, 4) is 0 Å². The fourth-order valence-electron chi connectivity index (χ4n) is 4.39. The first-order valence-corrected chi connectivity index (χ1v) is 10.8. The molecule has 3 aromatic carbocycles. The number of anilines is 3. The number of para-hydroxylation sites is 1. The van der Waals surface area contributed by atoms with Crippen molar-refractivity contribution in [3.63, 3.8) is 0 Å². The normalized spacial score (nSPS) is 22.4. The number of imide groups is 1. The molecular formula is C25H22ClN3O3. The summed E-state index contributed by atoms with van der Waals surface area (Å²) < 4.78 is 0. The predicted molar refractivity (Wildman–Crippen MR) is 125 cm³/mol.